The third-order valence-corrected chi connectivity index (χ3v) is 7.46. The maximum atomic E-state index is 13.1. The Labute approximate surface area is 212 Å². The number of nitrogens with zero attached hydrogens (tertiary/aromatic N) is 3. The van der Waals surface area contributed by atoms with Gasteiger partial charge >= 0.3 is 0 Å². The fraction of sp³-hybridized carbons (Fsp3) is 0.267. The van der Waals surface area contributed by atoms with E-state index >= 15 is 0 Å². The van der Waals surface area contributed by atoms with Crippen molar-refractivity contribution in [3.63, 3.8) is 0 Å². The van der Waals surface area contributed by atoms with E-state index in [1.807, 2.05) is 23.1 Å². The Morgan fingerprint density at radius 2 is 1.31 bits per heavy atom. The van der Waals surface area contributed by atoms with Crippen LogP contribution in [0.3, 0.4) is 0 Å². The summed E-state index contributed by atoms with van der Waals surface area (Å²) >= 11 is 1.56. The third kappa shape index (κ3) is 5.68. The second kappa shape index (κ2) is 11.4. The zero-order valence-electron chi connectivity index (χ0n) is 20.0. The molecule has 1 saturated heterocycles. The summed E-state index contributed by atoms with van der Waals surface area (Å²) in [4.78, 5) is 20.3. The third-order valence-electron chi connectivity index (χ3n) is 6.49. The van der Waals surface area contributed by atoms with Crippen LogP contribution in [-0.2, 0) is 11.3 Å². The van der Waals surface area contributed by atoms with E-state index in [1.54, 1.807) is 11.8 Å². The van der Waals surface area contributed by atoms with Crippen LogP contribution in [0.1, 0.15) is 31.2 Å². The number of likely N-dealkylation sites (tertiary alicyclic amines) is 1. The Morgan fingerprint density at radius 1 is 0.743 bits per heavy atom. The van der Waals surface area contributed by atoms with Gasteiger partial charge in [0.25, 0.3) is 0 Å². The van der Waals surface area contributed by atoms with Gasteiger partial charge in [-0.3, -0.25) is 4.79 Å². The summed E-state index contributed by atoms with van der Waals surface area (Å²) in [5.41, 5.74) is 5.46. The fourth-order valence-corrected chi connectivity index (χ4v) is 5.58. The van der Waals surface area contributed by atoms with Crippen LogP contribution in [0.25, 0.3) is 22.5 Å². The van der Waals surface area contributed by atoms with Gasteiger partial charge in [-0.1, -0.05) is 116 Å². The molecule has 1 aliphatic rings. The number of rotatable bonds is 7. The van der Waals surface area contributed by atoms with E-state index < -0.39 is 0 Å². The molecule has 0 bridgehead atoms. The molecule has 178 valence electrons. The van der Waals surface area contributed by atoms with E-state index in [9.17, 15) is 4.79 Å². The number of imidazole rings is 1. The average molecular weight is 482 g/mol. The molecule has 4 nitrogen and oxygen atoms in total. The van der Waals surface area contributed by atoms with Crippen molar-refractivity contribution in [3.8, 4) is 22.5 Å². The molecule has 2 heterocycles. The summed E-state index contributed by atoms with van der Waals surface area (Å²) in [6, 6.07) is 31.3. The molecule has 35 heavy (non-hydrogen) atoms. The number of benzene rings is 3. The molecule has 4 aromatic rings. The molecule has 5 rings (SSSR count). The predicted molar refractivity (Wildman–Crippen MR) is 144 cm³/mol. The van der Waals surface area contributed by atoms with Gasteiger partial charge in [-0.25, -0.2) is 4.98 Å². The van der Waals surface area contributed by atoms with Gasteiger partial charge in [0, 0.05) is 24.2 Å². The molecule has 0 atom stereocenters. The minimum atomic E-state index is 0.216. The van der Waals surface area contributed by atoms with Crippen LogP contribution in [0.4, 0.5) is 0 Å². The zero-order chi connectivity index (χ0) is 23.9. The Morgan fingerprint density at radius 3 is 1.94 bits per heavy atom. The molecule has 0 unspecified atom stereocenters. The van der Waals surface area contributed by atoms with Crippen molar-refractivity contribution in [2.24, 2.45) is 0 Å². The first-order valence-corrected chi connectivity index (χ1v) is 13.4. The Balaban J connectivity index is 1.54. The molecule has 5 heteroatoms. The number of hydrogen-bond donors (Lipinski definition) is 0. The van der Waals surface area contributed by atoms with Crippen molar-refractivity contribution in [2.75, 3.05) is 18.8 Å². The molecule has 3 aromatic carbocycles. The minimum Gasteiger partial charge on any atom is -0.342 e. The molecule has 0 spiro atoms. The summed E-state index contributed by atoms with van der Waals surface area (Å²) < 4.78 is 2.29. The van der Waals surface area contributed by atoms with Gasteiger partial charge in [-0.15, -0.1) is 0 Å². The fourth-order valence-electron chi connectivity index (χ4n) is 4.68. The van der Waals surface area contributed by atoms with Gasteiger partial charge in [-0.2, -0.15) is 0 Å². The van der Waals surface area contributed by atoms with Gasteiger partial charge in [0.15, 0.2) is 5.16 Å². The minimum absolute atomic E-state index is 0.216. The van der Waals surface area contributed by atoms with Gasteiger partial charge in [0.2, 0.25) is 5.91 Å². The lowest BCUT2D eigenvalue weighted by Crippen LogP contribution is -2.33. The molecule has 1 fully saturated rings. The molecule has 0 radical (unpaired) electrons. The smallest absolute Gasteiger partial charge is 0.233 e. The second-order valence-corrected chi connectivity index (χ2v) is 9.92. The Bertz CT molecular complexity index is 1230. The largest absolute Gasteiger partial charge is 0.342 e. The Kier molecular flexibility index (Phi) is 7.64. The average Bonchev–Trinajstić information content (AvgIpc) is 3.06. The highest BCUT2D eigenvalue weighted by Gasteiger charge is 2.22. The lowest BCUT2D eigenvalue weighted by molar-refractivity contribution is -0.128. The van der Waals surface area contributed by atoms with Crippen LogP contribution in [-0.4, -0.2) is 39.2 Å². The number of carbonyl (C=O) groups is 1. The summed E-state index contributed by atoms with van der Waals surface area (Å²) in [5, 5.41) is 0.884. The van der Waals surface area contributed by atoms with Crippen LogP contribution in [0, 0.1) is 0 Å². The number of thioether (sulfide) groups is 1. The maximum absolute atomic E-state index is 13.1. The summed E-state index contributed by atoms with van der Waals surface area (Å²) in [7, 11) is 0. The summed E-state index contributed by atoms with van der Waals surface area (Å²) in [6.45, 7) is 2.45. The molecule has 1 aliphatic heterocycles. The predicted octanol–water partition coefficient (Wildman–Crippen LogP) is 6.76. The van der Waals surface area contributed by atoms with Gasteiger partial charge < -0.3 is 9.47 Å². The van der Waals surface area contributed by atoms with E-state index in [1.165, 1.54) is 18.4 Å². The van der Waals surface area contributed by atoms with Gasteiger partial charge in [0.05, 0.1) is 23.7 Å². The highest BCUT2D eigenvalue weighted by atomic mass is 32.2. The zero-order valence-corrected chi connectivity index (χ0v) is 20.8. The maximum Gasteiger partial charge on any atom is 0.233 e. The van der Waals surface area contributed by atoms with Crippen LogP contribution in [0.5, 0.6) is 0 Å². The highest BCUT2D eigenvalue weighted by molar-refractivity contribution is 7.99. The van der Waals surface area contributed by atoms with Crippen molar-refractivity contribution < 1.29 is 4.79 Å². The van der Waals surface area contributed by atoms with Crippen LogP contribution in [0.2, 0.25) is 0 Å². The van der Waals surface area contributed by atoms with Gasteiger partial charge in [-0.05, 0) is 18.4 Å². The van der Waals surface area contributed by atoms with Crippen molar-refractivity contribution in [2.45, 2.75) is 37.4 Å². The van der Waals surface area contributed by atoms with E-state index in [4.69, 9.17) is 4.98 Å². The molecule has 1 amide bonds. The lowest BCUT2D eigenvalue weighted by atomic mass is 10.0. The second-order valence-electron chi connectivity index (χ2n) is 8.98. The number of carbonyl (C=O) groups excluding carboxylic acids is 1. The Hall–Kier alpha value is -3.31. The van der Waals surface area contributed by atoms with Crippen LogP contribution >= 0.6 is 11.8 Å². The molecule has 0 N–H and O–H groups in total. The van der Waals surface area contributed by atoms with Crippen LogP contribution in [0.15, 0.2) is 96.2 Å². The van der Waals surface area contributed by atoms with Crippen molar-refractivity contribution >= 4 is 17.7 Å². The SMILES string of the molecule is O=C(CSc1nc(-c2ccccc2)c(-c2ccccc2)n1Cc1ccccc1)N1CCCCCC1. The number of amides is 1. The lowest BCUT2D eigenvalue weighted by Gasteiger charge is -2.20. The highest BCUT2D eigenvalue weighted by Crippen LogP contribution is 2.36. The number of aromatic nitrogens is 2. The van der Waals surface area contributed by atoms with Crippen LogP contribution < -0.4 is 0 Å². The van der Waals surface area contributed by atoms with Crippen molar-refractivity contribution in [1.82, 2.24) is 14.5 Å². The molecule has 0 aliphatic carbocycles. The molecular formula is C30H31N3OS. The standard InChI is InChI=1S/C30H31N3OS/c34-27(32-20-12-1-2-13-21-32)23-35-30-31-28(25-16-8-4-9-17-25)29(26-18-10-5-11-19-26)33(30)22-24-14-6-3-7-15-24/h3-11,14-19H,1-2,12-13,20-23H2. The summed E-state index contributed by atoms with van der Waals surface area (Å²) in [6.07, 6.45) is 4.66. The molecule has 1 aromatic heterocycles. The molecule has 0 saturated carbocycles. The quantitative estimate of drug-likeness (QED) is 0.274. The van der Waals surface area contributed by atoms with E-state index in [0.29, 0.717) is 12.3 Å². The van der Waals surface area contributed by atoms with Crippen molar-refractivity contribution in [3.05, 3.63) is 96.6 Å². The first kappa shape index (κ1) is 23.4. The van der Waals surface area contributed by atoms with E-state index in [-0.39, 0.29) is 5.91 Å². The van der Waals surface area contributed by atoms with E-state index in [0.717, 1.165) is 53.6 Å². The van der Waals surface area contributed by atoms with Gasteiger partial charge in [0.1, 0.15) is 0 Å². The first-order chi connectivity index (χ1) is 17.3. The normalized spacial score (nSPS) is 14.0. The molecular weight excluding hydrogens is 450 g/mol. The monoisotopic (exact) mass is 481 g/mol. The van der Waals surface area contributed by atoms with Crippen molar-refractivity contribution in [1.29, 1.82) is 0 Å². The number of hydrogen-bond acceptors (Lipinski definition) is 3. The summed E-state index contributed by atoms with van der Waals surface area (Å²) in [5.74, 6) is 0.627. The topological polar surface area (TPSA) is 38.1 Å². The first-order valence-electron chi connectivity index (χ1n) is 12.5. The van der Waals surface area contributed by atoms with E-state index in [2.05, 4.69) is 77.4 Å².